The Kier molecular flexibility index (Phi) is 7.36. The number of halogens is 1. The van der Waals surface area contributed by atoms with Crippen LogP contribution in [0.25, 0.3) is 0 Å². The summed E-state index contributed by atoms with van der Waals surface area (Å²) in [7, 11) is 0. The normalized spacial score (nSPS) is 10.7. The molecule has 0 bridgehead atoms. The fraction of sp³-hybridized carbons (Fsp3) is 0.240. The first-order chi connectivity index (χ1) is 14.5. The highest BCUT2D eigenvalue weighted by Gasteiger charge is 2.12. The predicted molar refractivity (Wildman–Crippen MR) is 122 cm³/mol. The lowest BCUT2D eigenvalue weighted by molar-refractivity contribution is 0.102. The summed E-state index contributed by atoms with van der Waals surface area (Å²) in [5, 5.41) is 3.60. The highest BCUT2D eigenvalue weighted by molar-refractivity contribution is 6.30. The molecule has 4 nitrogen and oxygen atoms in total. The topological polar surface area (TPSA) is 47.6 Å². The van der Waals surface area contributed by atoms with Gasteiger partial charge in [0.2, 0.25) is 0 Å². The monoisotopic (exact) mass is 423 g/mol. The number of ether oxygens (including phenoxy) is 2. The second-order valence-corrected chi connectivity index (χ2v) is 7.67. The zero-order valence-electron chi connectivity index (χ0n) is 17.4. The van der Waals surface area contributed by atoms with Gasteiger partial charge in [-0.05, 0) is 73.0 Å². The minimum Gasteiger partial charge on any atom is -0.493 e. The number of hydrogen-bond donors (Lipinski definition) is 1. The van der Waals surface area contributed by atoms with Crippen LogP contribution in [0.2, 0.25) is 5.02 Å². The largest absolute Gasteiger partial charge is 0.493 e. The Morgan fingerprint density at radius 3 is 2.30 bits per heavy atom. The summed E-state index contributed by atoms with van der Waals surface area (Å²) in [5.74, 6) is 1.67. The molecule has 3 aromatic rings. The molecule has 0 aliphatic rings. The molecule has 0 unspecified atom stereocenters. The third kappa shape index (κ3) is 5.77. The predicted octanol–water partition coefficient (Wildman–Crippen LogP) is 6.69. The molecular weight excluding hydrogens is 398 g/mol. The second-order valence-electron chi connectivity index (χ2n) is 7.23. The lowest BCUT2D eigenvalue weighted by Crippen LogP contribution is -2.13. The van der Waals surface area contributed by atoms with E-state index in [2.05, 4.69) is 19.2 Å². The van der Waals surface area contributed by atoms with Crippen molar-refractivity contribution in [2.24, 2.45) is 0 Å². The van der Waals surface area contributed by atoms with Gasteiger partial charge < -0.3 is 14.8 Å². The van der Waals surface area contributed by atoms with Crippen LogP contribution in [0.15, 0.2) is 66.7 Å². The van der Waals surface area contributed by atoms with Crippen LogP contribution in [0.4, 0.5) is 5.69 Å². The van der Waals surface area contributed by atoms with Gasteiger partial charge in [-0.15, -0.1) is 0 Å². The van der Waals surface area contributed by atoms with Crippen LogP contribution in [0.1, 0.15) is 48.2 Å². The quantitative estimate of drug-likeness (QED) is 0.438. The summed E-state index contributed by atoms with van der Waals surface area (Å²) in [6.45, 7) is 7.01. The number of benzene rings is 3. The lowest BCUT2D eigenvalue weighted by atomic mass is 10.0. The first kappa shape index (κ1) is 21.7. The van der Waals surface area contributed by atoms with Crippen molar-refractivity contribution in [1.82, 2.24) is 0 Å². The Morgan fingerprint density at radius 1 is 0.967 bits per heavy atom. The van der Waals surface area contributed by atoms with Gasteiger partial charge in [-0.3, -0.25) is 4.79 Å². The molecule has 0 heterocycles. The zero-order chi connectivity index (χ0) is 21.5. The van der Waals surface area contributed by atoms with Crippen molar-refractivity contribution in [2.75, 3.05) is 11.9 Å². The van der Waals surface area contributed by atoms with Crippen molar-refractivity contribution in [2.45, 2.75) is 33.3 Å². The fourth-order valence-corrected chi connectivity index (χ4v) is 3.10. The molecule has 5 heteroatoms. The highest BCUT2D eigenvalue weighted by atomic mass is 35.5. The van der Waals surface area contributed by atoms with E-state index in [-0.39, 0.29) is 12.5 Å². The molecule has 0 aliphatic heterocycles. The van der Waals surface area contributed by atoms with E-state index in [0.29, 0.717) is 34.6 Å². The summed E-state index contributed by atoms with van der Waals surface area (Å²) >= 11 is 5.92. The molecular formula is C25H26ClNO3. The molecule has 3 rings (SSSR count). The molecule has 0 aliphatic carbocycles. The Balaban J connectivity index is 1.74. The van der Waals surface area contributed by atoms with E-state index in [1.54, 1.807) is 42.5 Å². The van der Waals surface area contributed by atoms with Crippen LogP contribution in [-0.4, -0.2) is 12.5 Å². The third-order valence-corrected chi connectivity index (χ3v) is 4.92. The van der Waals surface area contributed by atoms with Crippen LogP contribution < -0.4 is 14.8 Å². The third-order valence-electron chi connectivity index (χ3n) is 4.67. The number of rotatable bonds is 8. The van der Waals surface area contributed by atoms with Crippen molar-refractivity contribution >= 4 is 23.2 Å². The summed E-state index contributed by atoms with van der Waals surface area (Å²) < 4.78 is 11.6. The van der Waals surface area contributed by atoms with Gasteiger partial charge in [0.15, 0.2) is 0 Å². The van der Waals surface area contributed by atoms with E-state index in [1.165, 1.54) is 5.56 Å². The lowest BCUT2D eigenvalue weighted by Gasteiger charge is -2.14. The van der Waals surface area contributed by atoms with Gasteiger partial charge in [0, 0.05) is 21.8 Å². The molecule has 0 saturated heterocycles. The van der Waals surface area contributed by atoms with Crippen molar-refractivity contribution in [3.63, 3.8) is 0 Å². The van der Waals surface area contributed by atoms with Crippen molar-refractivity contribution < 1.29 is 14.3 Å². The molecule has 0 atom stereocenters. The molecule has 3 aromatic carbocycles. The zero-order valence-corrected chi connectivity index (χ0v) is 18.2. The first-order valence-electron chi connectivity index (χ1n) is 10.0. The number of hydrogen-bond acceptors (Lipinski definition) is 3. The Morgan fingerprint density at radius 2 is 1.67 bits per heavy atom. The molecule has 1 amide bonds. The van der Waals surface area contributed by atoms with Crippen LogP contribution in [0, 0.1) is 0 Å². The Bertz CT molecular complexity index is 982. The molecule has 30 heavy (non-hydrogen) atoms. The smallest absolute Gasteiger partial charge is 0.255 e. The van der Waals surface area contributed by atoms with Gasteiger partial charge in [-0.25, -0.2) is 0 Å². The van der Waals surface area contributed by atoms with E-state index >= 15 is 0 Å². The van der Waals surface area contributed by atoms with Gasteiger partial charge in [-0.2, -0.15) is 0 Å². The van der Waals surface area contributed by atoms with Gasteiger partial charge in [-0.1, -0.05) is 37.6 Å². The number of anilines is 1. The standard InChI is InChI=1S/C25H26ClNO3/c1-4-29-24-14-7-19(15-20(24)16-30-23-12-8-21(26)9-13-23)25(28)27-22-10-5-18(6-11-22)17(2)3/h5-15,17H,4,16H2,1-3H3,(H,27,28). The van der Waals surface area contributed by atoms with Gasteiger partial charge in [0.05, 0.1) is 6.61 Å². The maximum Gasteiger partial charge on any atom is 0.255 e. The Labute approximate surface area is 182 Å². The summed E-state index contributed by atoms with van der Waals surface area (Å²) in [4.78, 5) is 12.8. The van der Waals surface area contributed by atoms with Crippen molar-refractivity contribution in [3.8, 4) is 11.5 Å². The summed E-state index contributed by atoms with van der Waals surface area (Å²) in [6, 6.07) is 20.4. The first-order valence-corrected chi connectivity index (χ1v) is 10.4. The minimum atomic E-state index is -0.178. The number of nitrogens with one attached hydrogen (secondary N) is 1. The summed E-state index contributed by atoms with van der Waals surface area (Å²) in [5.41, 5.74) is 3.34. The number of carbonyl (C=O) groups excluding carboxylic acids is 1. The molecule has 1 N–H and O–H groups in total. The van der Waals surface area contributed by atoms with Crippen molar-refractivity contribution in [3.05, 3.63) is 88.4 Å². The number of amides is 1. The van der Waals surface area contributed by atoms with Crippen LogP contribution in [0.5, 0.6) is 11.5 Å². The highest BCUT2D eigenvalue weighted by Crippen LogP contribution is 2.24. The molecule has 156 valence electrons. The Hall–Kier alpha value is -2.98. The van der Waals surface area contributed by atoms with Crippen LogP contribution >= 0.6 is 11.6 Å². The van der Waals surface area contributed by atoms with Gasteiger partial charge in [0.1, 0.15) is 18.1 Å². The molecule has 0 saturated carbocycles. The fourth-order valence-electron chi connectivity index (χ4n) is 2.98. The van der Waals surface area contributed by atoms with Crippen LogP contribution in [-0.2, 0) is 6.61 Å². The molecule has 0 spiro atoms. The molecule has 0 fully saturated rings. The molecule has 0 radical (unpaired) electrons. The van der Waals surface area contributed by atoms with Crippen LogP contribution in [0.3, 0.4) is 0 Å². The van der Waals surface area contributed by atoms with Crippen molar-refractivity contribution in [1.29, 1.82) is 0 Å². The van der Waals surface area contributed by atoms with E-state index in [9.17, 15) is 4.79 Å². The maximum atomic E-state index is 12.8. The average molecular weight is 424 g/mol. The SMILES string of the molecule is CCOc1ccc(C(=O)Nc2ccc(C(C)C)cc2)cc1COc1ccc(Cl)cc1. The van der Waals surface area contributed by atoms with E-state index in [0.717, 1.165) is 11.3 Å². The second kappa shape index (κ2) is 10.2. The van der Waals surface area contributed by atoms with E-state index in [4.69, 9.17) is 21.1 Å². The van der Waals surface area contributed by atoms with Gasteiger partial charge in [0.25, 0.3) is 5.91 Å². The maximum absolute atomic E-state index is 12.8. The minimum absolute atomic E-state index is 0.178. The summed E-state index contributed by atoms with van der Waals surface area (Å²) in [6.07, 6.45) is 0. The van der Waals surface area contributed by atoms with E-state index in [1.807, 2.05) is 31.2 Å². The van der Waals surface area contributed by atoms with Gasteiger partial charge >= 0.3 is 0 Å². The number of carbonyl (C=O) groups is 1. The van der Waals surface area contributed by atoms with E-state index < -0.39 is 0 Å². The molecule has 0 aromatic heterocycles. The average Bonchev–Trinajstić information content (AvgIpc) is 2.74.